The molecule has 1 N–H and O–H groups in total. The number of fused-ring (bicyclic) bond motifs is 1. The summed E-state index contributed by atoms with van der Waals surface area (Å²) in [4.78, 5) is 0. The number of hydrogen-bond donors (Lipinski definition) is 1. The van der Waals surface area contributed by atoms with Crippen molar-refractivity contribution in [1.29, 1.82) is 0 Å². The van der Waals surface area contributed by atoms with Crippen molar-refractivity contribution in [3.8, 4) is 0 Å². The van der Waals surface area contributed by atoms with Crippen molar-refractivity contribution in [3.05, 3.63) is 58.4 Å². The zero-order valence-corrected chi connectivity index (χ0v) is 16.8. The number of anilines is 1. The Bertz CT molecular complexity index is 1010. The van der Waals surface area contributed by atoms with Gasteiger partial charge >= 0.3 is 7.12 Å². The molecule has 4 rings (SSSR count). The lowest BCUT2D eigenvalue weighted by Gasteiger charge is -2.26. The van der Waals surface area contributed by atoms with Gasteiger partial charge in [0.1, 0.15) is 5.82 Å². The van der Waals surface area contributed by atoms with E-state index in [1.807, 2.05) is 0 Å². The Morgan fingerprint density at radius 3 is 2.82 bits per heavy atom. The molecule has 0 bridgehead atoms. The number of rotatable bonds is 6. The topological polar surface area (TPSA) is 66.8 Å². The van der Waals surface area contributed by atoms with Crippen molar-refractivity contribution in [3.63, 3.8) is 0 Å². The second-order valence-corrected chi connectivity index (χ2v) is 9.59. The summed E-state index contributed by atoms with van der Waals surface area (Å²) in [6.45, 7) is 0.0825. The highest BCUT2D eigenvalue weighted by atomic mass is 35.5. The molecule has 2 aliphatic rings. The molecule has 1 saturated carbocycles. The highest BCUT2D eigenvalue weighted by Crippen LogP contribution is 2.46. The molecule has 0 saturated heterocycles. The van der Waals surface area contributed by atoms with Crippen LogP contribution in [0.3, 0.4) is 0 Å². The van der Waals surface area contributed by atoms with Gasteiger partial charge in [-0.3, -0.25) is 4.31 Å². The molecule has 28 heavy (non-hydrogen) atoms. The summed E-state index contributed by atoms with van der Waals surface area (Å²) in [5, 5.41) is 10.6. The lowest BCUT2D eigenvalue weighted by molar-refractivity contribution is 0.184. The largest absolute Gasteiger partial charge is 0.491 e. The minimum absolute atomic E-state index is 0.0398. The Morgan fingerprint density at radius 1 is 1.39 bits per heavy atom. The number of sulfonamides is 1. The highest BCUT2D eigenvalue weighted by Gasteiger charge is 2.37. The Kier molecular flexibility index (Phi) is 5.16. The van der Waals surface area contributed by atoms with Gasteiger partial charge in [-0.05, 0) is 66.5 Å². The smallest absolute Gasteiger partial charge is 0.423 e. The van der Waals surface area contributed by atoms with E-state index in [1.165, 1.54) is 16.4 Å². The fourth-order valence-electron chi connectivity index (χ4n) is 3.73. The van der Waals surface area contributed by atoms with Gasteiger partial charge in [-0.15, -0.1) is 0 Å². The first-order valence-electron chi connectivity index (χ1n) is 9.06. The second-order valence-electron chi connectivity index (χ2n) is 7.25. The Hall–Kier alpha value is -1.61. The third-order valence-electron chi connectivity index (χ3n) is 5.17. The van der Waals surface area contributed by atoms with E-state index < -0.39 is 29.1 Å². The molecule has 0 spiro atoms. The standard InChI is InChI=1S/C19H19BClFNO4S/c1-28(25,26)23(17-4-2-3-16(22)19(17)12-5-6-12)10-9-18-14-11-13(21)7-8-15(14)20(24)27-18/h3-4,7-8,11-12,18,24H,5-6,9-10H2,1H3. The summed E-state index contributed by atoms with van der Waals surface area (Å²) >= 11 is 6.06. The number of hydrogen-bond acceptors (Lipinski definition) is 4. The van der Waals surface area contributed by atoms with E-state index in [2.05, 4.69) is 6.07 Å². The summed E-state index contributed by atoms with van der Waals surface area (Å²) < 4.78 is 46.2. The van der Waals surface area contributed by atoms with Crippen LogP contribution in [0.25, 0.3) is 0 Å². The molecule has 1 aliphatic heterocycles. The lowest BCUT2D eigenvalue weighted by Crippen LogP contribution is -2.33. The van der Waals surface area contributed by atoms with Crippen LogP contribution in [0.15, 0.2) is 30.3 Å². The Labute approximate surface area is 169 Å². The SMILES string of the molecule is CS(=O)(=O)N(CCC1OB(O)c2ccc(Cl)cc21)c1c[c]cc(F)c1C1CC1. The molecular weight excluding hydrogens is 404 g/mol. The zero-order valence-electron chi connectivity index (χ0n) is 15.2. The fraction of sp³-hybridized carbons (Fsp3) is 0.368. The van der Waals surface area contributed by atoms with Gasteiger partial charge in [-0.1, -0.05) is 17.7 Å². The second kappa shape index (κ2) is 7.33. The first-order chi connectivity index (χ1) is 13.3. The fourth-order valence-corrected chi connectivity index (χ4v) is 4.85. The van der Waals surface area contributed by atoms with Gasteiger partial charge in [0, 0.05) is 17.1 Å². The van der Waals surface area contributed by atoms with Gasteiger partial charge in [0.25, 0.3) is 0 Å². The van der Waals surface area contributed by atoms with Crippen molar-refractivity contribution in [2.45, 2.75) is 31.3 Å². The van der Waals surface area contributed by atoms with Crippen LogP contribution in [0, 0.1) is 11.9 Å². The number of halogens is 2. The van der Waals surface area contributed by atoms with Crippen molar-refractivity contribution < 1.29 is 22.5 Å². The molecule has 9 heteroatoms. The molecule has 5 nitrogen and oxygen atoms in total. The van der Waals surface area contributed by atoms with Crippen LogP contribution in [-0.2, 0) is 14.7 Å². The molecule has 0 aromatic heterocycles. The van der Waals surface area contributed by atoms with Gasteiger partial charge in [-0.2, -0.15) is 0 Å². The maximum absolute atomic E-state index is 14.4. The van der Waals surface area contributed by atoms with Gasteiger partial charge in [0.2, 0.25) is 10.0 Å². The van der Waals surface area contributed by atoms with Crippen molar-refractivity contribution >= 4 is 39.9 Å². The predicted octanol–water partition coefficient (Wildman–Crippen LogP) is 2.77. The molecule has 2 aromatic carbocycles. The first kappa shape index (κ1) is 19.7. The highest BCUT2D eigenvalue weighted by molar-refractivity contribution is 7.92. The normalized spacial score (nSPS) is 19.0. The lowest BCUT2D eigenvalue weighted by atomic mass is 9.79. The van der Waals surface area contributed by atoms with Gasteiger partial charge in [0.15, 0.2) is 0 Å². The van der Waals surface area contributed by atoms with Crippen molar-refractivity contribution in [1.82, 2.24) is 0 Å². The average Bonchev–Trinajstić information content (AvgIpc) is 3.39. The van der Waals surface area contributed by atoms with Crippen molar-refractivity contribution in [2.24, 2.45) is 0 Å². The summed E-state index contributed by atoms with van der Waals surface area (Å²) in [6.07, 6.45) is 2.57. The molecule has 1 heterocycles. The molecule has 1 aliphatic carbocycles. The summed E-state index contributed by atoms with van der Waals surface area (Å²) in [6, 6.07) is 10.5. The van der Waals surface area contributed by atoms with E-state index in [9.17, 15) is 17.8 Å². The number of nitrogens with zero attached hydrogens (tertiary/aromatic N) is 1. The van der Waals surface area contributed by atoms with E-state index in [-0.39, 0.29) is 18.9 Å². The third kappa shape index (κ3) is 3.78. The van der Waals surface area contributed by atoms with Crippen LogP contribution in [0.4, 0.5) is 10.1 Å². The zero-order chi connectivity index (χ0) is 20.1. The average molecular weight is 423 g/mol. The predicted molar refractivity (Wildman–Crippen MR) is 107 cm³/mol. The molecule has 147 valence electrons. The van der Waals surface area contributed by atoms with Crippen LogP contribution in [0.1, 0.15) is 42.4 Å². The van der Waals surface area contributed by atoms with Crippen LogP contribution in [-0.4, -0.2) is 33.4 Å². The van der Waals surface area contributed by atoms with Gasteiger partial charge < -0.3 is 9.68 Å². The molecule has 2 aromatic rings. The molecule has 1 fully saturated rings. The minimum atomic E-state index is -3.65. The molecule has 0 amide bonds. The van der Waals surface area contributed by atoms with Gasteiger partial charge in [0.05, 0.1) is 18.0 Å². The molecular formula is C19H19BClFNO4S. The third-order valence-corrected chi connectivity index (χ3v) is 6.58. The van der Waals surface area contributed by atoms with Gasteiger partial charge in [-0.25, -0.2) is 12.8 Å². The number of benzene rings is 2. The van der Waals surface area contributed by atoms with E-state index in [1.54, 1.807) is 18.2 Å². The summed E-state index contributed by atoms with van der Waals surface area (Å²) in [5.41, 5.74) is 2.12. The van der Waals surface area contributed by atoms with E-state index >= 15 is 0 Å². The van der Waals surface area contributed by atoms with Crippen LogP contribution >= 0.6 is 11.6 Å². The van der Waals surface area contributed by atoms with Crippen LogP contribution in [0.5, 0.6) is 0 Å². The van der Waals surface area contributed by atoms with Crippen LogP contribution in [0.2, 0.25) is 5.02 Å². The van der Waals surface area contributed by atoms with E-state index in [0.29, 0.717) is 21.7 Å². The monoisotopic (exact) mass is 422 g/mol. The maximum atomic E-state index is 14.4. The molecule has 1 atom stereocenters. The molecule has 1 radical (unpaired) electrons. The maximum Gasteiger partial charge on any atom is 0.491 e. The summed E-state index contributed by atoms with van der Waals surface area (Å²) in [7, 11) is -4.73. The van der Waals surface area contributed by atoms with Crippen molar-refractivity contribution in [2.75, 3.05) is 17.1 Å². The Morgan fingerprint density at radius 2 is 2.14 bits per heavy atom. The first-order valence-corrected chi connectivity index (χ1v) is 11.3. The quantitative estimate of drug-likeness (QED) is 0.727. The van der Waals surface area contributed by atoms with E-state index in [4.69, 9.17) is 16.3 Å². The Balaban J connectivity index is 1.63. The summed E-state index contributed by atoms with van der Waals surface area (Å²) in [5.74, 6) is -0.392. The van der Waals surface area contributed by atoms with Crippen LogP contribution < -0.4 is 9.77 Å². The molecule has 1 unspecified atom stereocenters. The van der Waals surface area contributed by atoms with E-state index in [0.717, 1.165) is 24.7 Å². The minimum Gasteiger partial charge on any atom is -0.423 e.